The fourth-order valence-corrected chi connectivity index (χ4v) is 2.51. The molecule has 0 fully saturated rings. The molecule has 1 aromatic heterocycles. The van der Waals surface area contributed by atoms with Gasteiger partial charge in [0.2, 0.25) is 11.3 Å². The van der Waals surface area contributed by atoms with Crippen LogP contribution in [0.25, 0.3) is 0 Å². The number of aliphatic hydroxyl groups excluding tert-OH is 1. The van der Waals surface area contributed by atoms with Crippen molar-refractivity contribution in [2.24, 2.45) is 0 Å². The van der Waals surface area contributed by atoms with Gasteiger partial charge < -0.3 is 29.2 Å². The first-order valence-electron chi connectivity index (χ1n) is 7.68. The smallest absolute Gasteiger partial charge is 0.244 e. The van der Waals surface area contributed by atoms with E-state index in [2.05, 4.69) is 5.32 Å². The summed E-state index contributed by atoms with van der Waals surface area (Å²) in [5, 5.41) is 12.1. The van der Waals surface area contributed by atoms with Crippen molar-refractivity contribution in [3.8, 4) is 17.2 Å². The van der Waals surface area contributed by atoms with Crippen LogP contribution in [0.1, 0.15) is 5.69 Å². The second-order valence-corrected chi connectivity index (χ2v) is 5.39. The largest absolute Gasteiger partial charge is 0.491 e. The van der Waals surface area contributed by atoms with Gasteiger partial charge in [0.15, 0.2) is 17.2 Å². The molecule has 132 valence electrons. The molecule has 1 aromatic carbocycles. The Morgan fingerprint density at radius 1 is 1.28 bits per heavy atom. The minimum absolute atomic E-state index is 0.0824. The molecule has 0 atom stereocenters. The average molecular weight is 346 g/mol. The van der Waals surface area contributed by atoms with E-state index in [1.165, 1.54) is 23.9 Å². The third-order valence-electron chi connectivity index (χ3n) is 3.70. The van der Waals surface area contributed by atoms with Crippen molar-refractivity contribution in [1.29, 1.82) is 0 Å². The average Bonchev–Trinajstić information content (AvgIpc) is 2.62. The Morgan fingerprint density at radius 3 is 2.76 bits per heavy atom. The van der Waals surface area contributed by atoms with Crippen LogP contribution >= 0.6 is 0 Å². The number of benzene rings is 1. The molecule has 0 radical (unpaired) electrons. The lowest BCUT2D eigenvalue weighted by molar-refractivity contribution is -0.116. The van der Waals surface area contributed by atoms with Crippen LogP contribution in [0.4, 0.5) is 5.69 Å². The number of fused-ring (bicyclic) bond motifs is 1. The number of hydrogen-bond acceptors (Lipinski definition) is 6. The summed E-state index contributed by atoms with van der Waals surface area (Å²) in [5.41, 5.74) is 0.533. The molecule has 0 spiro atoms. The van der Waals surface area contributed by atoms with Crippen LogP contribution in [0, 0.1) is 0 Å². The number of pyridine rings is 1. The van der Waals surface area contributed by atoms with Crippen molar-refractivity contribution in [3.63, 3.8) is 0 Å². The van der Waals surface area contributed by atoms with Gasteiger partial charge in [0.25, 0.3) is 0 Å². The minimum atomic E-state index is -0.365. The van der Waals surface area contributed by atoms with Crippen LogP contribution in [0.15, 0.2) is 35.3 Å². The predicted octanol–water partition coefficient (Wildman–Crippen LogP) is 0.759. The van der Waals surface area contributed by atoms with E-state index in [4.69, 9.17) is 14.2 Å². The van der Waals surface area contributed by atoms with E-state index >= 15 is 0 Å². The zero-order chi connectivity index (χ0) is 17.8. The summed E-state index contributed by atoms with van der Waals surface area (Å²) < 4.78 is 17.3. The maximum Gasteiger partial charge on any atom is 0.244 e. The van der Waals surface area contributed by atoms with E-state index in [1.807, 2.05) is 0 Å². The quantitative estimate of drug-likeness (QED) is 0.829. The predicted molar refractivity (Wildman–Crippen MR) is 89.2 cm³/mol. The Labute approximate surface area is 143 Å². The molecule has 1 aliphatic rings. The molecule has 3 rings (SSSR count). The highest BCUT2D eigenvalue weighted by Gasteiger charge is 2.14. The maximum absolute atomic E-state index is 12.3. The molecular formula is C17H18N2O6. The molecule has 25 heavy (non-hydrogen) atoms. The van der Waals surface area contributed by atoms with Crippen molar-refractivity contribution in [3.05, 3.63) is 46.4 Å². The number of aromatic nitrogens is 1. The third kappa shape index (κ3) is 3.74. The number of hydrogen-bond donors (Lipinski definition) is 2. The summed E-state index contributed by atoms with van der Waals surface area (Å²) in [7, 11) is 1.37. The number of nitrogens with one attached hydrogen (secondary N) is 1. The molecule has 0 saturated carbocycles. The number of aliphatic hydroxyl groups is 1. The summed E-state index contributed by atoms with van der Waals surface area (Å²) in [4.78, 5) is 24.0. The van der Waals surface area contributed by atoms with Gasteiger partial charge in [-0.15, -0.1) is 0 Å². The lowest BCUT2D eigenvalue weighted by atomic mass is 10.2. The number of carbonyl (C=O) groups excluding carboxylic acids is 1. The second-order valence-electron chi connectivity index (χ2n) is 5.39. The van der Waals surface area contributed by atoms with Crippen molar-refractivity contribution < 1.29 is 24.1 Å². The highest BCUT2D eigenvalue weighted by molar-refractivity contribution is 5.91. The van der Waals surface area contributed by atoms with E-state index in [-0.39, 0.29) is 30.2 Å². The lowest BCUT2D eigenvalue weighted by Crippen LogP contribution is -2.23. The number of rotatable bonds is 5. The van der Waals surface area contributed by atoms with Gasteiger partial charge >= 0.3 is 0 Å². The maximum atomic E-state index is 12.3. The number of anilines is 1. The van der Waals surface area contributed by atoms with Crippen molar-refractivity contribution in [2.75, 3.05) is 25.6 Å². The molecule has 8 nitrogen and oxygen atoms in total. The molecule has 2 N–H and O–H groups in total. The first-order valence-corrected chi connectivity index (χ1v) is 7.68. The molecule has 2 aromatic rings. The Bertz CT molecular complexity index is 846. The number of methoxy groups -OCH3 is 1. The Morgan fingerprint density at radius 2 is 2.04 bits per heavy atom. The molecule has 0 bridgehead atoms. The summed E-state index contributed by atoms with van der Waals surface area (Å²) in [6.07, 6.45) is 1.40. The Balaban J connectivity index is 1.75. The Kier molecular flexibility index (Phi) is 4.90. The van der Waals surface area contributed by atoms with Gasteiger partial charge in [-0.25, -0.2) is 0 Å². The molecule has 1 aliphatic heterocycles. The van der Waals surface area contributed by atoms with E-state index in [0.29, 0.717) is 36.1 Å². The number of amides is 1. The van der Waals surface area contributed by atoms with Gasteiger partial charge in [-0.3, -0.25) is 9.59 Å². The first kappa shape index (κ1) is 16.8. The van der Waals surface area contributed by atoms with Crippen LogP contribution < -0.4 is 25.0 Å². The van der Waals surface area contributed by atoms with Gasteiger partial charge in [-0.2, -0.15) is 0 Å². The summed E-state index contributed by atoms with van der Waals surface area (Å²) >= 11 is 0. The highest BCUT2D eigenvalue weighted by Crippen LogP contribution is 2.32. The third-order valence-corrected chi connectivity index (χ3v) is 3.70. The van der Waals surface area contributed by atoms with Gasteiger partial charge in [0.05, 0.1) is 19.9 Å². The summed E-state index contributed by atoms with van der Waals surface area (Å²) in [6.45, 7) is 0.510. The zero-order valence-corrected chi connectivity index (χ0v) is 13.7. The van der Waals surface area contributed by atoms with Crippen molar-refractivity contribution in [2.45, 2.75) is 13.2 Å². The first-order chi connectivity index (χ1) is 12.1. The van der Waals surface area contributed by atoms with Crippen molar-refractivity contribution in [1.82, 2.24) is 4.57 Å². The standard InChI is InChI=1S/C17H18N2O6/c1-23-16-8-19(12(10-20)7-13(16)21)9-17(22)18-11-2-3-14-15(6-11)25-5-4-24-14/h2-3,6-8,20H,4-5,9-10H2,1H3,(H,18,22). The lowest BCUT2D eigenvalue weighted by Gasteiger charge is -2.19. The van der Waals surface area contributed by atoms with E-state index in [0.717, 1.165) is 0 Å². The van der Waals surface area contributed by atoms with E-state index in [1.54, 1.807) is 18.2 Å². The van der Waals surface area contributed by atoms with Crippen LogP contribution in [0.3, 0.4) is 0 Å². The van der Waals surface area contributed by atoms with Gasteiger partial charge in [0, 0.05) is 23.5 Å². The SMILES string of the molecule is COc1cn(CC(=O)Nc2ccc3c(c2)OCCO3)c(CO)cc1=O. The summed E-state index contributed by atoms with van der Waals surface area (Å²) in [6, 6.07) is 6.37. The number of carbonyl (C=O) groups is 1. The fourth-order valence-electron chi connectivity index (χ4n) is 2.51. The molecule has 2 heterocycles. The molecular weight excluding hydrogens is 328 g/mol. The number of nitrogens with zero attached hydrogens (tertiary/aromatic N) is 1. The Hall–Kier alpha value is -3.00. The molecule has 0 aliphatic carbocycles. The second kappa shape index (κ2) is 7.27. The van der Waals surface area contributed by atoms with Crippen LogP contribution in [-0.4, -0.2) is 35.9 Å². The highest BCUT2D eigenvalue weighted by atomic mass is 16.6. The van der Waals surface area contributed by atoms with Crippen LogP contribution in [0.2, 0.25) is 0 Å². The summed E-state index contributed by atoms with van der Waals surface area (Å²) in [5.74, 6) is 0.989. The molecule has 8 heteroatoms. The van der Waals surface area contributed by atoms with Crippen LogP contribution in [0.5, 0.6) is 17.2 Å². The normalized spacial score (nSPS) is 12.6. The van der Waals surface area contributed by atoms with Crippen molar-refractivity contribution >= 4 is 11.6 Å². The minimum Gasteiger partial charge on any atom is -0.491 e. The van der Waals surface area contributed by atoms with Gasteiger partial charge in [-0.1, -0.05) is 0 Å². The van der Waals surface area contributed by atoms with E-state index in [9.17, 15) is 14.7 Å². The van der Waals surface area contributed by atoms with E-state index < -0.39 is 0 Å². The molecule has 0 unspecified atom stereocenters. The molecule has 0 saturated heterocycles. The van der Waals surface area contributed by atoms with Crippen LogP contribution in [-0.2, 0) is 17.9 Å². The number of ether oxygens (including phenoxy) is 3. The monoisotopic (exact) mass is 346 g/mol. The zero-order valence-electron chi connectivity index (χ0n) is 13.7. The van der Waals surface area contributed by atoms with Gasteiger partial charge in [-0.05, 0) is 12.1 Å². The fraction of sp³-hybridized carbons (Fsp3) is 0.294. The topological polar surface area (TPSA) is 99.0 Å². The molecule has 1 amide bonds. The van der Waals surface area contributed by atoms with Gasteiger partial charge in [0.1, 0.15) is 19.8 Å².